The second-order valence-electron chi connectivity index (χ2n) is 6.73. The summed E-state index contributed by atoms with van der Waals surface area (Å²) in [6.45, 7) is 5.54. The summed E-state index contributed by atoms with van der Waals surface area (Å²) in [5.74, 6) is 0.0172. The maximum Gasteiger partial charge on any atom is 0.261 e. The predicted molar refractivity (Wildman–Crippen MR) is 112 cm³/mol. The van der Waals surface area contributed by atoms with Crippen LogP contribution in [0.1, 0.15) is 26.3 Å². The Balaban J connectivity index is 2.12. The molecule has 1 atom stereocenters. The zero-order valence-corrected chi connectivity index (χ0v) is 17.6. The molecule has 2 amide bonds. The molecule has 0 bridgehead atoms. The summed E-state index contributed by atoms with van der Waals surface area (Å²) in [4.78, 5) is 26.8. The van der Waals surface area contributed by atoms with Crippen LogP contribution in [-0.4, -0.2) is 35.4 Å². The van der Waals surface area contributed by atoms with E-state index < -0.39 is 6.04 Å². The van der Waals surface area contributed by atoms with Gasteiger partial charge in [0.1, 0.15) is 11.8 Å². The van der Waals surface area contributed by atoms with E-state index in [1.807, 2.05) is 26.0 Å². The fourth-order valence-electron chi connectivity index (χ4n) is 2.53. The molecule has 0 aliphatic rings. The normalized spacial score (nSPS) is 11.8. The number of ether oxygens (including phenoxy) is 1. The third kappa shape index (κ3) is 6.73. The fraction of sp³-hybridized carbons (Fsp3) is 0.333. The van der Waals surface area contributed by atoms with E-state index in [9.17, 15) is 9.59 Å². The van der Waals surface area contributed by atoms with Crippen LogP contribution in [0.5, 0.6) is 5.75 Å². The number of carbonyl (C=O) groups excluding carboxylic acids is 2. The molecular weight excluding hydrogens is 399 g/mol. The zero-order valence-electron chi connectivity index (χ0n) is 16.1. The van der Waals surface area contributed by atoms with Gasteiger partial charge in [0, 0.05) is 22.6 Å². The van der Waals surface area contributed by atoms with E-state index in [-0.39, 0.29) is 31.0 Å². The number of hydrogen-bond donors (Lipinski definition) is 1. The molecular formula is C21H24Cl2N2O3. The van der Waals surface area contributed by atoms with E-state index >= 15 is 0 Å². The Hall–Kier alpha value is -2.24. The molecule has 0 saturated heterocycles. The minimum atomic E-state index is -0.653. The zero-order chi connectivity index (χ0) is 20.7. The molecule has 2 aromatic rings. The van der Waals surface area contributed by atoms with Gasteiger partial charge in [-0.1, -0.05) is 35.3 Å². The lowest BCUT2D eigenvalue weighted by molar-refractivity contribution is -0.142. The first-order valence-electron chi connectivity index (χ1n) is 8.99. The standard InChI is InChI=1S/C21H24Cl2N2O3/c1-14(2)24-21(27)15(3)25(12-16-4-6-17(22)7-5-16)20(26)13-28-19-10-8-18(23)9-11-19/h4-11,14-15H,12-13H2,1-3H3,(H,24,27). The molecule has 0 aliphatic heterocycles. The van der Waals surface area contributed by atoms with Crippen molar-refractivity contribution < 1.29 is 14.3 Å². The molecule has 0 saturated carbocycles. The minimum Gasteiger partial charge on any atom is -0.484 e. The molecule has 2 rings (SSSR count). The lowest BCUT2D eigenvalue weighted by atomic mass is 10.1. The molecule has 0 aliphatic carbocycles. The quantitative estimate of drug-likeness (QED) is 0.688. The highest BCUT2D eigenvalue weighted by Gasteiger charge is 2.26. The number of amides is 2. The molecule has 150 valence electrons. The van der Waals surface area contributed by atoms with Crippen LogP contribution in [0.25, 0.3) is 0 Å². The van der Waals surface area contributed by atoms with Gasteiger partial charge in [0.2, 0.25) is 5.91 Å². The van der Waals surface area contributed by atoms with Crippen molar-refractivity contribution in [2.24, 2.45) is 0 Å². The molecule has 5 nitrogen and oxygen atoms in total. The number of hydrogen-bond acceptors (Lipinski definition) is 3. The van der Waals surface area contributed by atoms with Gasteiger partial charge >= 0.3 is 0 Å². The lowest BCUT2D eigenvalue weighted by Crippen LogP contribution is -2.50. The van der Waals surface area contributed by atoms with Crippen LogP contribution in [0, 0.1) is 0 Å². The summed E-state index contributed by atoms with van der Waals surface area (Å²) >= 11 is 11.8. The van der Waals surface area contributed by atoms with Gasteiger partial charge in [0.25, 0.3) is 5.91 Å². The van der Waals surface area contributed by atoms with Gasteiger partial charge in [-0.15, -0.1) is 0 Å². The van der Waals surface area contributed by atoms with Crippen molar-refractivity contribution in [3.05, 3.63) is 64.1 Å². The highest BCUT2D eigenvalue weighted by atomic mass is 35.5. The second kappa shape index (κ2) is 10.3. The molecule has 0 aromatic heterocycles. The van der Waals surface area contributed by atoms with Gasteiger partial charge in [0.05, 0.1) is 0 Å². The molecule has 1 unspecified atom stereocenters. The second-order valence-corrected chi connectivity index (χ2v) is 7.60. The van der Waals surface area contributed by atoms with Crippen LogP contribution in [0.2, 0.25) is 10.0 Å². The van der Waals surface area contributed by atoms with E-state index in [1.54, 1.807) is 43.3 Å². The van der Waals surface area contributed by atoms with Gasteiger partial charge in [-0.25, -0.2) is 0 Å². The maximum atomic E-state index is 12.9. The summed E-state index contributed by atoms with van der Waals surface area (Å²) in [7, 11) is 0. The molecule has 0 radical (unpaired) electrons. The van der Waals surface area contributed by atoms with Crippen LogP contribution in [0.15, 0.2) is 48.5 Å². The Morgan fingerprint density at radius 2 is 1.50 bits per heavy atom. The summed E-state index contributed by atoms with van der Waals surface area (Å²) in [5.41, 5.74) is 0.869. The number of carbonyl (C=O) groups is 2. The summed E-state index contributed by atoms with van der Waals surface area (Å²) in [5, 5.41) is 4.04. The SMILES string of the molecule is CC(C)NC(=O)C(C)N(Cc1ccc(Cl)cc1)C(=O)COc1ccc(Cl)cc1. The predicted octanol–water partition coefficient (Wildman–Crippen LogP) is 4.31. The van der Waals surface area contributed by atoms with Crippen LogP contribution in [-0.2, 0) is 16.1 Å². The largest absolute Gasteiger partial charge is 0.484 e. The first kappa shape index (κ1) is 22.1. The summed E-state index contributed by atoms with van der Waals surface area (Å²) < 4.78 is 5.57. The van der Waals surface area contributed by atoms with Crippen LogP contribution in [0.4, 0.5) is 0 Å². The Labute approximate surface area is 175 Å². The van der Waals surface area contributed by atoms with E-state index in [0.29, 0.717) is 15.8 Å². The van der Waals surface area contributed by atoms with E-state index in [4.69, 9.17) is 27.9 Å². The monoisotopic (exact) mass is 422 g/mol. The van der Waals surface area contributed by atoms with Crippen molar-refractivity contribution in [2.75, 3.05) is 6.61 Å². The topological polar surface area (TPSA) is 58.6 Å². The van der Waals surface area contributed by atoms with Crippen molar-refractivity contribution in [3.8, 4) is 5.75 Å². The third-order valence-corrected chi connectivity index (χ3v) is 4.54. The first-order chi connectivity index (χ1) is 13.3. The molecule has 1 N–H and O–H groups in total. The van der Waals surface area contributed by atoms with Crippen LogP contribution >= 0.6 is 23.2 Å². The molecule has 0 spiro atoms. The number of nitrogens with zero attached hydrogens (tertiary/aromatic N) is 1. The van der Waals surface area contributed by atoms with Gasteiger partial charge in [0.15, 0.2) is 6.61 Å². The lowest BCUT2D eigenvalue weighted by Gasteiger charge is -2.29. The highest BCUT2D eigenvalue weighted by Crippen LogP contribution is 2.17. The maximum absolute atomic E-state index is 12.9. The van der Waals surface area contributed by atoms with E-state index in [1.165, 1.54) is 4.90 Å². The number of nitrogens with one attached hydrogen (secondary N) is 1. The number of rotatable bonds is 8. The average Bonchev–Trinajstić information content (AvgIpc) is 2.65. The van der Waals surface area contributed by atoms with Gasteiger partial charge in [-0.3, -0.25) is 9.59 Å². The van der Waals surface area contributed by atoms with Gasteiger partial charge in [-0.05, 0) is 62.7 Å². The van der Waals surface area contributed by atoms with E-state index in [2.05, 4.69) is 5.32 Å². The first-order valence-corrected chi connectivity index (χ1v) is 9.74. The van der Waals surface area contributed by atoms with E-state index in [0.717, 1.165) is 5.56 Å². The van der Waals surface area contributed by atoms with Crippen molar-refractivity contribution in [1.82, 2.24) is 10.2 Å². The number of halogens is 2. The Morgan fingerprint density at radius 1 is 0.964 bits per heavy atom. The van der Waals surface area contributed by atoms with Crippen molar-refractivity contribution in [3.63, 3.8) is 0 Å². The fourth-order valence-corrected chi connectivity index (χ4v) is 2.79. The molecule has 0 fully saturated rings. The summed E-state index contributed by atoms with van der Waals surface area (Å²) in [6, 6.07) is 13.2. The van der Waals surface area contributed by atoms with Gasteiger partial charge in [-0.2, -0.15) is 0 Å². The molecule has 28 heavy (non-hydrogen) atoms. The van der Waals surface area contributed by atoms with Crippen molar-refractivity contribution in [1.29, 1.82) is 0 Å². The minimum absolute atomic E-state index is 0.0206. The molecule has 0 heterocycles. The summed E-state index contributed by atoms with van der Waals surface area (Å²) in [6.07, 6.45) is 0. The number of benzene rings is 2. The Kier molecular flexibility index (Phi) is 8.15. The third-order valence-electron chi connectivity index (χ3n) is 4.04. The Bertz CT molecular complexity index is 792. The highest BCUT2D eigenvalue weighted by molar-refractivity contribution is 6.30. The van der Waals surface area contributed by atoms with Crippen LogP contribution in [0.3, 0.4) is 0 Å². The molecule has 2 aromatic carbocycles. The van der Waals surface area contributed by atoms with Crippen LogP contribution < -0.4 is 10.1 Å². The van der Waals surface area contributed by atoms with Crippen molar-refractivity contribution >= 4 is 35.0 Å². The van der Waals surface area contributed by atoms with Gasteiger partial charge < -0.3 is 15.0 Å². The molecule has 7 heteroatoms. The van der Waals surface area contributed by atoms with Crippen molar-refractivity contribution in [2.45, 2.75) is 39.4 Å². The smallest absolute Gasteiger partial charge is 0.261 e. The Morgan fingerprint density at radius 3 is 2.04 bits per heavy atom. The average molecular weight is 423 g/mol.